The largest absolute Gasteiger partial charge is 0.453 e. The molecular weight excluding hydrogens is 214 g/mol. The third-order valence-electron chi connectivity index (χ3n) is 2.30. The highest BCUT2D eigenvalue weighted by Gasteiger charge is 2.14. The Morgan fingerprint density at radius 3 is 2.75 bits per heavy atom. The maximum absolute atomic E-state index is 13.3. The van der Waals surface area contributed by atoms with Crippen molar-refractivity contribution in [3.8, 4) is 0 Å². The van der Waals surface area contributed by atoms with E-state index in [9.17, 15) is 13.6 Å². The van der Waals surface area contributed by atoms with Crippen LogP contribution in [0.3, 0.4) is 0 Å². The number of carbonyl (C=O) groups excluding carboxylic acids is 1. The summed E-state index contributed by atoms with van der Waals surface area (Å²) in [6, 6.07) is 3.16. The monoisotopic (exact) mass is 224 g/mol. The van der Waals surface area contributed by atoms with E-state index >= 15 is 0 Å². The lowest BCUT2D eigenvalue weighted by molar-refractivity contribution is 0.0957. The number of rotatable bonds is 3. The molecule has 0 bridgehead atoms. The molecule has 1 aromatic carbocycles. The first kappa shape index (κ1) is 10.8. The highest BCUT2D eigenvalue weighted by atomic mass is 19.1. The Labute approximate surface area is 90.9 Å². The van der Waals surface area contributed by atoms with Gasteiger partial charge >= 0.3 is 0 Å². The lowest BCUT2D eigenvalue weighted by atomic mass is 10.2. The number of benzene rings is 1. The van der Waals surface area contributed by atoms with E-state index in [-0.39, 0.29) is 22.5 Å². The molecule has 0 radical (unpaired) electrons. The van der Waals surface area contributed by atoms with E-state index in [1.165, 1.54) is 6.07 Å². The molecule has 0 aliphatic heterocycles. The van der Waals surface area contributed by atoms with Crippen LogP contribution in [0, 0.1) is 11.6 Å². The van der Waals surface area contributed by atoms with Crippen LogP contribution in [0.2, 0.25) is 0 Å². The summed E-state index contributed by atoms with van der Waals surface area (Å²) in [6.45, 7) is 1.86. The van der Waals surface area contributed by atoms with Gasteiger partial charge in [-0.3, -0.25) is 4.79 Å². The topological polar surface area (TPSA) is 30.2 Å². The highest BCUT2D eigenvalue weighted by molar-refractivity contribution is 5.97. The number of halogens is 2. The number of ketones is 1. The van der Waals surface area contributed by atoms with Crippen LogP contribution in [-0.4, -0.2) is 5.78 Å². The summed E-state index contributed by atoms with van der Waals surface area (Å²) in [5.41, 5.74) is 0.0666. The molecule has 0 saturated carbocycles. The third kappa shape index (κ3) is 1.83. The van der Waals surface area contributed by atoms with Gasteiger partial charge in [0.05, 0.1) is 5.39 Å². The molecule has 2 aromatic rings. The molecule has 2 rings (SSSR count). The van der Waals surface area contributed by atoms with Crippen molar-refractivity contribution in [3.63, 3.8) is 0 Å². The molecule has 1 aromatic heterocycles. The van der Waals surface area contributed by atoms with E-state index in [2.05, 4.69) is 0 Å². The zero-order valence-electron chi connectivity index (χ0n) is 8.72. The summed E-state index contributed by atoms with van der Waals surface area (Å²) in [6.07, 6.45) is 1.02. The number of carbonyl (C=O) groups is 1. The molecule has 0 aliphatic rings. The van der Waals surface area contributed by atoms with Gasteiger partial charge in [-0.25, -0.2) is 8.78 Å². The minimum absolute atomic E-state index is 0.0666. The van der Waals surface area contributed by atoms with Crippen molar-refractivity contribution in [1.29, 1.82) is 0 Å². The van der Waals surface area contributed by atoms with Crippen LogP contribution < -0.4 is 0 Å². The molecule has 0 saturated heterocycles. The summed E-state index contributed by atoms with van der Waals surface area (Å²) >= 11 is 0. The number of Topliss-reactive ketones (excluding diaryl/α,β-unsaturated/α-hetero) is 1. The van der Waals surface area contributed by atoms with Crippen LogP contribution in [-0.2, 0) is 0 Å². The lowest BCUT2D eigenvalue weighted by Crippen LogP contribution is -1.94. The zero-order valence-corrected chi connectivity index (χ0v) is 8.72. The van der Waals surface area contributed by atoms with E-state index in [0.29, 0.717) is 12.8 Å². The average molecular weight is 224 g/mol. The number of fused-ring (bicyclic) bond motifs is 1. The maximum Gasteiger partial charge on any atom is 0.198 e. The summed E-state index contributed by atoms with van der Waals surface area (Å²) < 4.78 is 31.3. The van der Waals surface area contributed by atoms with Gasteiger partial charge in [0.1, 0.15) is 17.2 Å². The molecule has 0 atom stereocenters. The predicted molar refractivity (Wildman–Crippen MR) is 55.4 cm³/mol. The fourth-order valence-electron chi connectivity index (χ4n) is 1.55. The second-order valence-electron chi connectivity index (χ2n) is 3.58. The lowest BCUT2D eigenvalue weighted by Gasteiger charge is -1.91. The van der Waals surface area contributed by atoms with Crippen molar-refractivity contribution >= 4 is 16.8 Å². The van der Waals surface area contributed by atoms with Gasteiger partial charge < -0.3 is 4.42 Å². The van der Waals surface area contributed by atoms with E-state index < -0.39 is 11.6 Å². The SMILES string of the molecule is CCCC(=O)c1cc2c(F)cc(F)cc2o1. The number of hydrogen-bond donors (Lipinski definition) is 0. The van der Waals surface area contributed by atoms with E-state index in [0.717, 1.165) is 12.1 Å². The van der Waals surface area contributed by atoms with Crippen LogP contribution in [0.4, 0.5) is 8.78 Å². The van der Waals surface area contributed by atoms with Crippen LogP contribution in [0.15, 0.2) is 22.6 Å². The van der Waals surface area contributed by atoms with Gasteiger partial charge in [-0.2, -0.15) is 0 Å². The fourth-order valence-corrected chi connectivity index (χ4v) is 1.55. The molecule has 0 spiro atoms. The molecule has 84 valence electrons. The van der Waals surface area contributed by atoms with Gasteiger partial charge in [0.15, 0.2) is 11.5 Å². The molecule has 0 aliphatic carbocycles. The minimum atomic E-state index is -0.714. The molecule has 0 amide bonds. The van der Waals surface area contributed by atoms with Gasteiger partial charge in [-0.05, 0) is 12.5 Å². The summed E-state index contributed by atoms with van der Waals surface area (Å²) in [4.78, 5) is 11.5. The first-order chi connectivity index (χ1) is 7.61. The number of hydrogen-bond acceptors (Lipinski definition) is 2. The Kier molecular flexibility index (Phi) is 2.73. The standard InChI is InChI=1S/C12H10F2O2/c1-2-3-10(15)12-6-8-9(14)4-7(13)5-11(8)16-12/h4-6H,2-3H2,1H3. The summed E-state index contributed by atoms with van der Waals surface area (Å²) in [5.74, 6) is -1.54. The van der Waals surface area contributed by atoms with Crippen molar-refractivity contribution in [2.75, 3.05) is 0 Å². The number of furan rings is 1. The van der Waals surface area contributed by atoms with Gasteiger partial charge in [0.2, 0.25) is 0 Å². The van der Waals surface area contributed by atoms with Gasteiger partial charge in [-0.15, -0.1) is 0 Å². The van der Waals surface area contributed by atoms with Crippen molar-refractivity contribution in [3.05, 3.63) is 35.6 Å². The van der Waals surface area contributed by atoms with E-state index in [1.807, 2.05) is 6.92 Å². The van der Waals surface area contributed by atoms with Crippen molar-refractivity contribution < 1.29 is 18.0 Å². The second-order valence-corrected chi connectivity index (χ2v) is 3.58. The Hall–Kier alpha value is -1.71. The van der Waals surface area contributed by atoms with Crippen LogP contribution in [0.25, 0.3) is 11.0 Å². The Bertz CT molecular complexity index is 543. The molecule has 16 heavy (non-hydrogen) atoms. The molecule has 4 heteroatoms. The molecule has 0 unspecified atom stereocenters. The van der Waals surface area contributed by atoms with Crippen molar-refractivity contribution in [1.82, 2.24) is 0 Å². The van der Waals surface area contributed by atoms with Crippen LogP contribution in [0.1, 0.15) is 30.3 Å². The normalized spacial score (nSPS) is 10.9. The average Bonchev–Trinajstić information content (AvgIpc) is 2.62. The first-order valence-corrected chi connectivity index (χ1v) is 5.03. The zero-order chi connectivity index (χ0) is 11.7. The summed E-state index contributed by atoms with van der Waals surface area (Å²) in [5, 5.41) is 0.140. The van der Waals surface area contributed by atoms with Crippen molar-refractivity contribution in [2.45, 2.75) is 19.8 Å². The first-order valence-electron chi connectivity index (χ1n) is 5.03. The predicted octanol–water partition coefficient (Wildman–Crippen LogP) is 3.69. The third-order valence-corrected chi connectivity index (χ3v) is 2.30. The fraction of sp³-hybridized carbons (Fsp3) is 0.250. The van der Waals surface area contributed by atoms with E-state index in [4.69, 9.17) is 4.42 Å². The Balaban J connectivity index is 2.51. The second kappa shape index (κ2) is 4.04. The minimum Gasteiger partial charge on any atom is -0.453 e. The van der Waals surface area contributed by atoms with Crippen molar-refractivity contribution in [2.24, 2.45) is 0 Å². The smallest absolute Gasteiger partial charge is 0.198 e. The van der Waals surface area contributed by atoms with Crippen LogP contribution >= 0.6 is 0 Å². The Morgan fingerprint density at radius 1 is 1.31 bits per heavy atom. The quantitative estimate of drug-likeness (QED) is 0.744. The summed E-state index contributed by atoms with van der Waals surface area (Å²) in [7, 11) is 0. The maximum atomic E-state index is 13.3. The molecule has 2 nitrogen and oxygen atoms in total. The Morgan fingerprint density at radius 2 is 2.06 bits per heavy atom. The molecule has 0 fully saturated rings. The van der Waals surface area contributed by atoms with Crippen LogP contribution in [0.5, 0.6) is 0 Å². The molecule has 1 heterocycles. The van der Waals surface area contributed by atoms with Gasteiger partial charge in [-0.1, -0.05) is 6.92 Å². The molecular formula is C12H10F2O2. The van der Waals surface area contributed by atoms with Gasteiger partial charge in [0, 0.05) is 18.6 Å². The molecule has 0 N–H and O–H groups in total. The van der Waals surface area contributed by atoms with E-state index in [1.54, 1.807) is 0 Å². The van der Waals surface area contributed by atoms with Gasteiger partial charge in [0.25, 0.3) is 0 Å². The highest BCUT2D eigenvalue weighted by Crippen LogP contribution is 2.24.